The zero-order valence-electron chi connectivity index (χ0n) is 24.2. The van der Waals surface area contributed by atoms with Crippen molar-refractivity contribution in [2.75, 3.05) is 18.5 Å². The molecular formula is C35H30N4O5. The number of carbonyl (C=O) groups is 3. The first-order chi connectivity index (χ1) is 21.4. The van der Waals surface area contributed by atoms with Crippen LogP contribution in [0.2, 0.25) is 0 Å². The molecule has 0 bridgehead atoms. The van der Waals surface area contributed by atoms with Crippen LogP contribution in [0.1, 0.15) is 37.7 Å². The van der Waals surface area contributed by atoms with Crippen molar-refractivity contribution < 1.29 is 19.1 Å². The largest absolute Gasteiger partial charge is 0.484 e. The number of benzene rings is 4. The van der Waals surface area contributed by atoms with Gasteiger partial charge in [0.05, 0.1) is 22.0 Å². The summed E-state index contributed by atoms with van der Waals surface area (Å²) in [4.78, 5) is 57.6. The van der Waals surface area contributed by atoms with Crippen molar-refractivity contribution in [1.82, 2.24) is 14.5 Å². The standard InChI is InChI=1S/C35H30N4O5/c1-23-7-6-8-25(21-23)36-32(40)22-44-26-15-13-24(14-16-26)17-19-38-31(37-30-12-5-4-11-29(30)35(38)43)18-20-39-33(41)27-9-2-3-10-28(27)34(39)42/h2-16,21H,17-20,22H2,1H3,(H,36,40). The van der Waals surface area contributed by atoms with E-state index < -0.39 is 0 Å². The Kier molecular flexibility index (Phi) is 8.01. The van der Waals surface area contributed by atoms with Gasteiger partial charge in [0.1, 0.15) is 11.6 Å². The number of amides is 3. The van der Waals surface area contributed by atoms with Gasteiger partial charge < -0.3 is 10.1 Å². The van der Waals surface area contributed by atoms with Crippen LogP contribution in [0, 0.1) is 6.92 Å². The maximum Gasteiger partial charge on any atom is 0.262 e. The van der Waals surface area contributed by atoms with Gasteiger partial charge in [-0.25, -0.2) is 4.98 Å². The van der Waals surface area contributed by atoms with Crippen molar-refractivity contribution in [2.45, 2.75) is 26.3 Å². The highest BCUT2D eigenvalue weighted by Crippen LogP contribution is 2.23. The van der Waals surface area contributed by atoms with E-state index in [4.69, 9.17) is 9.72 Å². The number of anilines is 1. The Labute approximate surface area is 253 Å². The molecule has 1 aliphatic heterocycles. The van der Waals surface area contributed by atoms with Gasteiger partial charge in [0.2, 0.25) is 0 Å². The lowest BCUT2D eigenvalue weighted by atomic mass is 10.1. The van der Waals surface area contributed by atoms with E-state index in [-0.39, 0.29) is 42.9 Å². The second-order valence-electron chi connectivity index (χ2n) is 10.7. The predicted molar refractivity (Wildman–Crippen MR) is 167 cm³/mol. The number of carbonyl (C=O) groups excluding carboxylic acids is 3. The molecule has 1 aromatic heterocycles. The number of aromatic nitrogens is 2. The summed E-state index contributed by atoms with van der Waals surface area (Å²) < 4.78 is 7.28. The van der Waals surface area contributed by atoms with Crippen molar-refractivity contribution in [3.63, 3.8) is 0 Å². The first-order valence-electron chi connectivity index (χ1n) is 14.4. The number of hydrogen-bond acceptors (Lipinski definition) is 6. The lowest BCUT2D eigenvalue weighted by Crippen LogP contribution is -2.34. The van der Waals surface area contributed by atoms with Gasteiger partial charge in [0.15, 0.2) is 6.61 Å². The Balaban J connectivity index is 1.13. The smallest absolute Gasteiger partial charge is 0.262 e. The average molecular weight is 587 g/mol. The molecule has 9 heteroatoms. The van der Waals surface area contributed by atoms with E-state index in [1.165, 1.54) is 4.90 Å². The van der Waals surface area contributed by atoms with Crippen molar-refractivity contribution in [1.29, 1.82) is 0 Å². The Bertz CT molecular complexity index is 1910. The molecule has 220 valence electrons. The summed E-state index contributed by atoms with van der Waals surface area (Å²) in [6.07, 6.45) is 0.775. The summed E-state index contributed by atoms with van der Waals surface area (Å²) in [6, 6.07) is 28.8. The maximum atomic E-state index is 13.5. The molecule has 0 aliphatic carbocycles. The number of fused-ring (bicyclic) bond motifs is 2. The molecule has 0 atom stereocenters. The number of ether oxygens (including phenoxy) is 1. The highest BCUT2D eigenvalue weighted by atomic mass is 16.5. The van der Waals surface area contributed by atoms with Crippen LogP contribution in [0.3, 0.4) is 0 Å². The van der Waals surface area contributed by atoms with Crippen molar-refractivity contribution in [3.05, 3.63) is 135 Å². The highest BCUT2D eigenvalue weighted by Gasteiger charge is 2.34. The number of nitrogens with one attached hydrogen (secondary N) is 1. The van der Waals surface area contributed by atoms with E-state index in [0.717, 1.165) is 16.8 Å². The molecule has 6 rings (SSSR count). The number of para-hydroxylation sites is 1. The fourth-order valence-corrected chi connectivity index (χ4v) is 5.35. The zero-order valence-corrected chi connectivity index (χ0v) is 24.2. The van der Waals surface area contributed by atoms with E-state index in [2.05, 4.69) is 5.32 Å². The first-order valence-corrected chi connectivity index (χ1v) is 14.4. The third-order valence-corrected chi connectivity index (χ3v) is 7.60. The molecule has 3 amide bonds. The number of aryl methyl sites for hydroxylation is 2. The van der Waals surface area contributed by atoms with Crippen LogP contribution in [0.25, 0.3) is 10.9 Å². The molecule has 1 N–H and O–H groups in total. The van der Waals surface area contributed by atoms with E-state index in [0.29, 0.717) is 46.6 Å². The van der Waals surface area contributed by atoms with Gasteiger partial charge in [-0.3, -0.25) is 28.6 Å². The van der Waals surface area contributed by atoms with Gasteiger partial charge in [-0.1, -0.05) is 48.5 Å². The van der Waals surface area contributed by atoms with Gasteiger partial charge in [0, 0.05) is 25.2 Å². The lowest BCUT2D eigenvalue weighted by molar-refractivity contribution is -0.118. The van der Waals surface area contributed by atoms with Gasteiger partial charge in [-0.05, 0) is 73.0 Å². The van der Waals surface area contributed by atoms with Crippen molar-refractivity contribution in [3.8, 4) is 5.75 Å². The molecule has 5 aromatic rings. The quantitative estimate of drug-likeness (QED) is 0.235. The fraction of sp³-hybridized carbons (Fsp3) is 0.171. The Morgan fingerprint density at radius 2 is 1.50 bits per heavy atom. The topological polar surface area (TPSA) is 111 Å². The van der Waals surface area contributed by atoms with E-state index in [1.54, 1.807) is 59.2 Å². The second kappa shape index (κ2) is 12.3. The summed E-state index contributed by atoms with van der Waals surface area (Å²) in [5.41, 5.74) is 3.91. The van der Waals surface area contributed by atoms with Gasteiger partial charge in [-0.2, -0.15) is 0 Å². The van der Waals surface area contributed by atoms with Crippen LogP contribution in [0.15, 0.2) is 102 Å². The number of nitrogens with zero attached hydrogens (tertiary/aromatic N) is 3. The number of imide groups is 1. The molecule has 0 saturated carbocycles. The van der Waals surface area contributed by atoms with Crippen LogP contribution >= 0.6 is 0 Å². The van der Waals surface area contributed by atoms with Crippen LogP contribution in [-0.2, 0) is 24.2 Å². The van der Waals surface area contributed by atoms with Crippen LogP contribution in [0.4, 0.5) is 5.69 Å². The Hall–Kier alpha value is -5.57. The Morgan fingerprint density at radius 1 is 0.795 bits per heavy atom. The molecule has 2 heterocycles. The third kappa shape index (κ3) is 5.98. The van der Waals surface area contributed by atoms with Crippen LogP contribution in [-0.4, -0.2) is 45.3 Å². The van der Waals surface area contributed by atoms with Crippen molar-refractivity contribution in [2.24, 2.45) is 0 Å². The molecule has 0 fully saturated rings. The molecule has 4 aromatic carbocycles. The van der Waals surface area contributed by atoms with E-state index in [9.17, 15) is 19.2 Å². The monoisotopic (exact) mass is 586 g/mol. The molecule has 0 spiro atoms. The predicted octanol–water partition coefficient (Wildman–Crippen LogP) is 4.80. The maximum absolute atomic E-state index is 13.5. The van der Waals surface area contributed by atoms with E-state index in [1.807, 2.05) is 49.4 Å². The third-order valence-electron chi connectivity index (χ3n) is 7.60. The minimum atomic E-state index is -0.338. The first kappa shape index (κ1) is 28.5. The van der Waals surface area contributed by atoms with Gasteiger partial charge in [-0.15, -0.1) is 0 Å². The van der Waals surface area contributed by atoms with Crippen LogP contribution in [0.5, 0.6) is 5.75 Å². The van der Waals surface area contributed by atoms with Crippen LogP contribution < -0.4 is 15.6 Å². The Morgan fingerprint density at radius 3 is 2.23 bits per heavy atom. The molecule has 44 heavy (non-hydrogen) atoms. The fourth-order valence-electron chi connectivity index (χ4n) is 5.35. The van der Waals surface area contributed by atoms with Gasteiger partial charge >= 0.3 is 0 Å². The summed E-state index contributed by atoms with van der Waals surface area (Å²) in [5.74, 6) is 0.131. The minimum Gasteiger partial charge on any atom is -0.484 e. The van der Waals surface area contributed by atoms with Crippen molar-refractivity contribution >= 4 is 34.3 Å². The summed E-state index contributed by atoms with van der Waals surface area (Å²) >= 11 is 0. The summed E-state index contributed by atoms with van der Waals surface area (Å²) in [6.45, 7) is 2.30. The SMILES string of the molecule is Cc1cccc(NC(=O)COc2ccc(CCn3c(CCN4C(=O)c5ccccc5C4=O)nc4ccccc4c3=O)cc2)c1. The zero-order chi connectivity index (χ0) is 30.6. The lowest BCUT2D eigenvalue weighted by Gasteiger charge is -2.17. The summed E-state index contributed by atoms with van der Waals surface area (Å²) in [5, 5.41) is 3.33. The molecule has 0 unspecified atom stereocenters. The number of rotatable bonds is 10. The molecule has 9 nitrogen and oxygen atoms in total. The molecule has 1 aliphatic rings. The molecular weight excluding hydrogens is 556 g/mol. The minimum absolute atomic E-state index is 0.112. The molecule has 0 radical (unpaired) electrons. The van der Waals surface area contributed by atoms with Gasteiger partial charge in [0.25, 0.3) is 23.3 Å². The second-order valence-corrected chi connectivity index (χ2v) is 10.7. The average Bonchev–Trinajstić information content (AvgIpc) is 3.28. The molecule has 0 saturated heterocycles. The van der Waals surface area contributed by atoms with E-state index >= 15 is 0 Å². The summed E-state index contributed by atoms with van der Waals surface area (Å²) in [7, 11) is 0. The number of hydrogen-bond donors (Lipinski definition) is 1. The highest BCUT2D eigenvalue weighted by molar-refractivity contribution is 6.21. The normalized spacial score (nSPS) is 12.4.